The summed E-state index contributed by atoms with van der Waals surface area (Å²) in [7, 11) is 0. The molecule has 4 nitrogen and oxygen atoms in total. The number of aliphatic hydroxyl groups excluding tert-OH is 2. The maximum absolute atomic E-state index is 9.72. The van der Waals surface area contributed by atoms with E-state index in [1.807, 2.05) is 4.68 Å². The third kappa shape index (κ3) is 4.05. The molecule has 1 aromatic rings. The van der Waals surface area contributed by atoms with Crippen LogP contribution in [-0.4, -0.2) is 33.2 Å². The molecule has 110 valence electrons. The molecule has 0 saturated carbocycles. The van der Waals surface area contributed by atoms with E-state index in [2.05, 4.69) is 38.9 Å². The first-order valence-electron chi connectivity index (χ1n) is 7.27. The molecule has 0 aliphatic rings. The molecule has 0 fully saturated rings. The molecule has 0 unspecified atom stereocenters. The fourth-order valence-electron chi connectivity index (χ4n) is 2.72. The lowest BCUT2D eigenvalue weighted by Crippen LogP contribution is -2.34. The molecule has 0 aromatic carbocycles. The summed E-state index contributed by atoms with van der Waals surface area (Å²) in [6.07, 6.45) is 2.41. The zero-order valence-corrected chi connectivity index (χ0v) is 12.7. The van der Waals surface area contributed by atoms with Gasteiger partial charge in [0.25, 0.3) is 0 Å². The fourth-order valence-corrected chi connectivity index (χ4v) is 2.72. The average molecular weight is 268 g/mol. The number of aliphatic hydroxyl groups is 2. The van der Waals surface area contributed by atoms with Gasteiger partial charge in [0.2, 0.25) is 0 Å². The van der Waals surface area contributed by atoms with E-state index in [1.165, 1.54) is 0 Å². The van der Waals surface area contributed by atoms with Crippen LogP contribution in [0.5, 0.6) is 0 Å². The van der Waals surface area contributed by atoms with Crippen molar-refractivity contribution < 1.29 is 10.2 Å². The van der Waals surface area contributed by atoms with Crippen LogP contribution in [0.1, 0.15) is 45.5 Å². The summed E-state index contributed by atoms with van der Waals surface area (Å²) in [5.41, 5.74) is 1.75. The lowest BCUT2D eigenvalue weighted by atomic mass is 9.77. The summed E-state index contributed by atoms with van der Waals surface area (Å²) < 4.78 is 1.99. The van der Waals surface area contributed by atoms with Crippen molar-refractivity contribution in [3.8, 4) is 0 Å². The first-order valence-corrected chi connectivity index (χ1v) is 7.27. The van der Waals surface area contributed by atoms with Crippen molar-refractivity contribution in [3.05, 3.63) is 17.5 Å². The minimum absolute atomic E-state index is 0.0119. The van der Waals surface area contributed by atoms with Crippen molar-refractivity contribution >= 4 is 0 Å². The fraction of sp³-hybridized carbons (Fsp3) is 0.800. The van der Waals surface area contributed by atoms with Gasteiger partial charge in [-0.3, -0.25) is 4.68 Å². The normalized spacial score (nSPS) is 12.4. The van der Waals surface area contributed by atoms with Crippen molar-refractivity contribution in [2.45, 2.75) is 53.5 Å². The van der Waals surface area contributed by atoms with Crippen LogP contribution in [-0.2, 0) is 19.4 Å². The summed E-state index contributed by atoms with van der Waals surface area (Å²) in [5.74, 6) is 0.447. The van der Waals surface area contributed by atoms with E-state index < -0.39 is 5.41 Å². The van der Waals surface area contributed by atoms with Crippen LogP contribution in [0.2, 0.25) is 0 Å². The standard InChI is InChI=1S/C15H28N2O2/c1-5-13-7-14(17(6-2)16-13)9-15(10-18,11-19)8-12(3)4/h7,12,18-19H,5-6,8-11H2,1-4H3. The lowest BCUT2D eigenvalue weighted by molar-refractivity contribution is 0.0353. The Morgan fingerprint density at radius 2 is 1.89 bits per heavy atom. The maximum Gasteiger partial charge on any atom is 0.0624 e. The summed E-state index contributed by atoms with van der Waals surface area (Å²) in [6, 6.07) is 2.10. The Hall–Kier alpha value is -0.870. The van der Waals surface area contributed by atoms with Crippen LogP contribution in [0, 0.1) is 11.3 Å². The van der Waals surface area contributed by atoms with Crippen LogP contribution < -0.4 is 0 Å². The van der Waals surface area contributed by atoms with Gasteiger partial charge in [-0.25, -0.2) is 0 Å². The number of hydrogen-bond acceptors (Lipinski definition) is 3. The highest BCUT2D eigenvalue weighted by Crippen LogP contribution is 2.30. The van der Waals surface area contributed by atoms with Gasteiger partial charge in [-0.05, 0) is 38.2 Å². The van der Waals surface area contributed by atoms with E-state index in [-0.39, 0.29) is 13.2 Å². The first kappa shape index (κ1) is 16.2. The quantitative estimate of drug-likeness (QED) is 0.758. The van der Waals surface area contributed by atoms with Gasteiger partial charge in [0.05, 0.1) is 18.9 Å². The highest BCUT2D eigenvalue weighted by molar-refractivity contribution is 5.13. The first-order chi connectivity index (χ1) is 9.00. The molecule has 1 aromatic heterocycles. The number of hydrogen-bond donors (Lipinski definition) is 2. The highest BCUT2D eigenvalue weighted by atomic mass is 16.3. The van der Waals surface area contributed by atoms with Gasteiger partial charge in [-0.1, -0.05) is 20.8 Å². The third-order valence-corrected chi connectivity index (χ3v) is 3.64. The van der Waals surface area contributed by atoms with Gasteiger partial charge >= 0.3 is 0 Å². The molecule has 4 heteroatoms. The van der Waals surface area contributed by atoms with E-state index in [1.54, 1.807) is 0 Å². The molecule has 2 N–H and O–H groups in total. The summed E-state index contributed by atoms with van der Waals surface area (Å²) in [4.78, 5) is 0. The second-order valence-corrected chi connectivity index (χ2v) is 5.89. The summed E-state index contributed by atoms with van der Waals surface area (Å²) in [6.45, 7) is 9.24. The Morgan fingerprint density at radius 3 is 2.32 bits per heavy atom. The molecule has 0 aliphatic carbocycles. The van der Waals surface area contributed by atoms with E-state index >= 15 is 0 Å². The molecule has 0 aliphatic heterocycles. The van der Waals surface area contributed by atoms with Crippen LogP contribution in [0.3, 0.4) is 0 Å². The second-order valence-electron chi connectivity index (χ2n) is 5.89. The van der Waals surface area contributed by atoms with Crippen molar-refractivity contribution in [2.75, 3.05) is 13.2 Å². The molecule has 0 radical (unpaired) electrons. The van der Waals surface area contributed by atoms with Crippen molar-refractivity contribution in [1.29, 1.82) is 0 Å². The molecule has 0 amide bonds. The molecular weight excluding hydrogens is 240 g/mol. The number of rotatable bonds is 8. The van der Waals surface area contributed by atoms with Crippen LogP contribution >= 0.6 is 0 Å². The van der Waals surface area contributed by atoms with Gasteiger partial charge in [-0.15, -0.1) is 0 Å². The highest BCUT2D eigenvalue weighted by Gasteiger charge is 2.31. The summed E-state index contributed by atoms with van der Waals surface area (Å²) in [5, 5.41) is 24.0. The molecule has 0 spiro atoms. The molecule has 0 atom stereocenters. The van der Waals surface area contributed by atoms with Gasteiger partial charge in [0.1, 0.15) is 0 Å². The van der Waals surface area contributed by atoms with Gasteiger partial charge in [0.15, 0.2) is 0 Å². The number of aryl methyl sites for hydroxylation is 2. The Kier molecular flexibility index (Phi) is 6.01. The Morgan fingerprint density at radius 1 is 1.26 bits per heavy atom. The number of nitrogens with zero attached hydrogens (tertiary/aromatic N) is 2. The Labute approximate surface area is 116 Å². The van der Waals surface area contributed by atoms with E-state index in [9.17, 15) is 10.2 Å². The van der Waals surface area contributed by atoms with Crippen molar-refractivity contribution in [3.63, 3.8) is 0 Å². The minimum atomic E-state index is -0.438. The largest absolute Gasteiger partial charge is 0.396 e. The predicted molar refractivity (Wildman–Crippen MR) is 77.0 cm³/mol. The molecule has 0 bridgehead atoms. The molecule has 19 heavy (non-hydrogen) atoms. The van der Waals surface area contributed by atoms with E-state index in [0.717, 1.165) is 30.8 Å². The van der Waals surface area contributed by atoms with Crippen LogP contribution in [0.4, 0.5) is 0 Å². The van der Waals surface area contributed by atoms with Crippen LogP contribution in [0.25, 0.3) is 0 Å². The van der Waals surface area contributed by atoms with Crippen molar-refractivity contribution in [2.24, 2.45) is 11.3 Å². The molecule has 1 heterocycles. The lowest BCUT2D eigenvalue weighted by Gasteiger charge is -2.31. The summed E-state index contributed by atoms with van der Waals surface area (Å²) >= 11 is 0. The van der Waals surface area contributed by atoms with Gasteiger partial charge in [0, 0.05) is 17.7 Å². The van der Waals surface area contributed by atoms with Gasteiger partial charge in [-0.2, -0.15) is 5.10 Å². The Bertz CT molecular complexity index is 381. The van der Waals surface area contributed by atoms with E-state index in [4.69, 9.17) is 0 Å². The monoisotopic (exact) mass is 268 g/mol. The van der Waals surface area contributed by atoms with Crippen LogP contribution in [0.15, 0.2) is 6.07 Å². The van der Waals surface area contributed by atoms with Gasteiger partial charge < -0.3 is 10.2 Å². The van der Waals surface area contributed by atoms with E-state index in [0.29, 0.717) is 12.3 Å². The zero-order valence-electron chi connectivity index (χ0n) is 12.7. The SMILES string of the molecule is CCc1cc(CC(CO)(CO)CC(C)C)n(CC)n1. The zero-order chi connectivity index (χ0) is 14.5. The maximum atomic E-state index is 9.72. The topological polar surface area (TPSA) is 58.3 Å². The molecule has 1 rings (SSSR count). The molecular formula is C15H28N2O2. The van der Waals surface area contributed by atoms with Crippen molar-refractivity contribution in [1.82, 2.24) is 9.78 Å². The third-order valence-electron chi connectivity index (χ3n) is 3.64. The second kappa shape index (κ2) is 7.06. The Balaban J connectivity index is 2.98. The minimum Gasteiger partial charge on any atom is -0.396 e. The average Bonchev–Trinajstić information content (AvgIpc) is 2.79. The number of aromatic nitrogens is 2. The molecule has 0 saturated heterocycles. The predicted octanol–water partition coefficient (Wildman–Crippen LogP) is 2.02. The smallest absolute Gasteiger partial charge is 0.0624 e.